The maximum atomic E-state index is 6.04. The second-order valence-electron chi connectivity index (χ2n) is 7.08. The first-order valence-electron chi connectivity index (χ1n) is 9.31. The van der Waals surface area contributed by atoms with Crippen molar-refractivity contribution in [2.75, 3.05) is 19.7 Å². The Balaban J connectivity index is 1.60. The van der Waals surface area contributed by atoms with E-state index in [4.69, 9.17) is 9.72 Å². The van der Waals surface area contributed by atoms with Gasteiger partial charge in [-0.3, -0.25) is 0 Å². The van der Waals surface area contributed by atoms with Crippen LogP contribution in [0.3, 0.4) is 0 Å². The second kappa shape index (κ2) is 8.87. The molecule has 1 saturated heterocycles. The van der Waals surface area contributed by atoms with Crippen LogP contribution < -0.4 is 14.5 Å². The Labute approximate surface area is 160 Å². The molecule has 0 radical (unpaired) electrons. The van der Waals surface area contributed by atoms with E-state index in [0.29, 0.717) is 0 Å². The van der Waals surface area contributed by atoms with Gasteiger partial charge in [-0.2, -0.15) is 0 Å². The van der Waals surface area contributed by atoms with Crippen LogP contribution in [-0.4, -0.2) is 41.5 Å². The van der Waals surface area contributed by atoms with Crippen molar-refractivity contribution in [2.24, 2.45) is 5.92 Å². The Morgan fingerprint density at radius 2 is 2.04 bits per heavy atom. The molecular weight excluding hydrogens is 371 g/mol. The number of nitrogens with one attached hydrogen (secondary N) is 1. The Morgan fingerprint density at radius 3 is 2.72 bits per heavy atom. The molecule has 134 valence electrons. The summed E-state index contributed by atoms with van der Waals surface area (Å²) in [7, 11) is 0. The van der Waals surface area contributed by atoms with Gasteiger partial charge < -0.3 is 5.32 Å². The predicted molar refractivity (Wildman–Crippen MR) is 108 cm³/mol. The summed E-state index contributed by atoms with van der Waals surface area (Å²) in [6.45, 7) is 7.47. The molecule has 0 bridgehead atoms. The summed E-state index contributed by atoms with van der Waals surface area (Å²) < 4.78 is 7.15. The Morgan fingerprint density at radius 1 is 1.24 bits per heavy atom. The summed E-state index contributed by atoms with van der Waals surface area (Å²) in [5.74, 6) is 1.81. The molecule has 1 aliphatic rings. The third-order valence-corrected chi connectivity index (χ3v) is 5.63. The first-order chi connectivity index (χ1) is 12.1. The van der Waals surface area contributed by atoms with Crippen molar-refractivity contribution < 1.29 is 4.74 Å². The van der Waals surface area contributed by atoms with E-state index in [1.807, 2.05) is 0 Å². The van der Waals surface area contributed by atoms with Crippen molar-refractivity contribution >= 4 is 21.3 Å². The zero-order valence-corrected chi connectivity index (χ0v) is 17.8. The number of nitrogens with zero attached hydrogens (tertiary/aromatic N) is 1. The van der Waals surface area contributed by atoms with Gasteiger partial charge in [-0.25, -0.2) is 0 Å². The van der Waals surface area contributed by atoms with Gasteiger partial charge in [0.05, 0.1) is 0 Å². The Hall–Kier alpha value is -1.31. The Bertz CT molecular complexity index is 688. The van der Waals surface area contributed by atoms with E-state index in [9.17, 15) is 0 Å². The number of benzene rings is 1. The van der Waals surface area contributed by atoms with E-state index in [1.54, 1.807) is 16.9 Å². The number of rotatable bonds is 6. The molecule has 3 nitrogen and oxygen atoms in total. The molecule has 4 heteroatoms. The molecule has 2 unspecified atom stereocenters. The quantitative estimate of drug-likeness (QED) is 0.598. The van der Waals surface area contributed by atoms with Crippen LogP contribution in [0.5, 0.6) is 5.75 Å². The predicted octanol–water partition coefficient (Wildman–Crippen LogP) is 2.78. The molecule has 2 aromatic rings. The monoisotopic (exact) mass is 400 g/mol. The van der Waals surface area contributed by atoms with Crippen molar-refractivity contribution in [2.45, 2.75) is 39.5 Å². The van der Waals surface area contributed by atoms with E-state index in [1.165, 1.54) is 49.0 Å². The number of hydrogen-bond acceptors (Lipinski definition) is 3. The molecule has 0 amide bonds. The number of aryl methyl sites for hydroxylation is 2. The minimum absolute atomic E-state index is 0.805. The summed E-state index contributed by atoms with van der Waals surface area (Å²) in [6, 6.07) is 10.5. The van der Waals surface area contributed by atoms with Gasteiger partial charge in [0.2, 0.25) is 0 Å². The van der Waals surface area contributed by atoms with Crippen molar-refractivity contribution in [3.63, 3.8) is 0 Å². The van der Waals surface area contributed by atoms with Crippen molar-refractivity contribution in [3.8, 4) is 17.0 Å². The van der Waals surface area contributed by atoms with Gasteiger partial charge in [-0.05, 0) is 25.9 Å². The third-order valence-electron chi connectivity index (χ3n) is 4.96. The standard InChI is InChI=1S/C21H29AsN2O/c1-15-12-18(25-11-5-7-17-6-4-10-23-14-17)13-16(2)21(15)19-8-3-9-20(22)24-19/h3,8-9,12-13,17,23H,4-7,10-11,14,22H2,1-2H3. The molecule has 0 saturated carbocycles. The van der Waals surface area contributed by atoms with Gasteiger partial charge in [0.15, 0.2) is 0 Å². The molecule has 1 aliphatic heterocycles. The molecule has 1 fully saturated rings. The number of ether oxygens (including phenoxy) is 1. The van der Waals surface area contributed by atoms with Gasteiger partial charge in [0.25, 0.3) is 0 Å². The zero-order valence-electron chi connectivity index (χ0n) is 15.3. The van der Waals surface area contributed by atoms with Gasteiger partial charge in [-0.1, -0.05) is 0 Å². The van der Waals surface area contributed by atoms with E-state index < -0.39 is 0 Å². The summed E-state index contributed by atoms with van der Waals surface area (Å²) in [5, 5.41) is 3.49. The van der Waals surface area contributed by atoms with Crippen LogP contribution in [0.1, 0.15) is 36.8 Å². The fourth-order valence-electron chi connectivity index (χ4n) is 3.73. The molecular formula is C21H29AsN2O. The Kier molecular flexibility index (Phi) is 6.56. The molecule has 0 aliphatic carbocycles. The normalized spacial score (nSPS) is 17.5. The zero-order chi connectivity index (χ0) is 17.6. The van der Waals surface area contributed by atoms with Gasteiger partial charge in [0, 0.05) is 0 Å². The van der Waals surface area contributed by atoms with Crippen LogP contribution in [-0.2, 0) is 0 Å². The number of piperidine rings is 1. The van der Waals surface area contributed by atoms with Gasteiger partial charge in [-0.15, -0.1) is 0 Å². The molecule has 1 aromatic carbocycles. The first-order valence-corrected chi connectivity index (χ1v) is 10.5. The van der Waals surface area contributed by atoms with Crippen LogP contribution in [0.4, 0.5) is 0 Å². The van der Waals surface area contributed by atoms with Crippen LogP contribution in [0.15, 0.2) is 30.3 Å². The summed E-state index contributed by atoms with van der Waals surface area (Å²) >= 11 is 1.56. The molecule has 2 heterocycles. The topological polar surface area (TPSA) is 34.1 Å². The van der Waals surface area contributed by atoms with Gasteiger partial charge in [0.1, 0.15) is 0 Å². The second-order valence-corrected chi connectivity index (χ2v) is 8.32. The number of aromatic nitrogens is 1. The van der Waals surface area contributed by atoms with Crippen LogP contribution in [0.25, 0.3) is 11.3 Å². The molecule has 1 aromatic heterocycles. The summed E-state index contributed by atoms with van der Waals surface area (Å²) in [6.07, 6.45) is 5.08. The average Bonchev–Trinajstić information content (AvgIpc) is 2.59. The van der Waals surface area contributed by atoms with Crippen LogP contribution >= 0.6 is 0 Å². The van der Waals surface area contributed by atoms with E-state index in [-0.39, 0.29) is 0 Å². The number of pyridine rings is 1. The van der Waals surface area contributed by atoms with Crippen molar-refractivity contribution in [3.05, 3.63) is 41.5 Å². The fourth-order valence-corrected chi connectivity index (χ4v) is 4.26. The van der Waals surface area contributed by atoms with Crippen molar-refractivity contribution in [1.29, 1.82) is 0 Å². The molecule has 3 rings (SSSR count). The molecule has 1 N–H and O–H groups in total. The molecule has 0 spiro atoms. The molecule has 25 heavy (non-hydrogen) atoms. The van der Waals surface area contributed by atoms with E-state index in [2.05, 4.69) is 49.5 Å². The molecule has 2 atom stereocenters. The van der Waals surface area contributed by atoms with E-state index in [0.717, 1.165) is 34.9 Å². The fraction of sp³-hybridized carbons (Fsp3) is 0.476. The summed E-state index contributed by atoms with van der Waals surface area (Å²) in [5.41, 5.74) is 4.77. The van der Waals surface area contributed by atoms with E-state index >= 15 is 0 Å². The first kappa shape index (κ1) is 18.5. The minimum atomic E-state index is 0.805. The van der Waals surface area contributed by atoms with Crippen LogP contribution in [0, 0.1) is 19.8 Å². The van der Waals surface area contributed by atoms with Gasteiger partial charge >= 0.3 is 129 Å². The third kappa shape index (κ3) is 5.09. The maximum absolute atomic E-state index is 6.04. The van der Waals surface area contributed by atoms with Crippen molar-refractivity contribution in [1.82, 2.24) is 10.3 Å². The summed E-state index contributed by atoms with van der Waals surface area (Å²) in [4.78, 5) is 4.70. The number of hydrogen-bond donors (Lipinski definition) is 1. The van der Waals surface area contributed by atoms with Crippen LogP contribution in [0.2, 0.25) is 0 Å². The SMILES string of the molecule is Cc1cc(OCCCC2CCCNC2)cc(C)c1-c1cccc([AsH2])n1. The average molecular weight is 400 g/mol.